The Bertz CT molecular complexity index is 4450. The van der Waals surface area contributed by atoms with Crippen LogP contribution >= 0.6 is 95.8 Å². The first kappa shape index (κ1) is 86.2. The molecule has 2 fully saturated rings. The first-order chi connectivity index (χ1) is 45.2. The fourth-order valence-corrected chi connectivity index (χ4v) is 14.5. The molecular weight excluding hydrogens is 1740 g/mol. The van der Waals surface area contributed by atoms with Crippen molar-refractivity contribution < 1.29 is 117 Å². The maximum atomic E-state index is 13.3. The topological polar surface area (TPSA) is 359 Å². The molecule has 0 spiro atoms. The van der Waals surface area contributed by atoms with Gasteiger partial charge >= 0.3 is 21.3 Å². The Balaban J connectivity index is 0.000000321. The predicted molar refractivity (Wildman–Crippen MR) is 356 cm³/mol. The van der Waals surface area contributed by atoms with Crippen LogP contribution in [0.5, 0.6) is 0 Å². The second-order valence-corrected chi connectivity index (χ2v) is 31.9. The maximum absolute atomic E-state index is 13.3. The third-order valence-corrected chi connectivity index (χ3v) is 20.3. The summed E-state index contributed by atoms with van der Waals surface area (Å²) in [6.45, 7) is 0.279. The number of benzene rings is 7. The number of rotatable bonds is 10. The number of hydrogen-bond acceptors (Lipinski definition) is 15. The molecule has 2 amide bonds. The minimum atomic E-state index is -4.19. The van der Waals surface area contributed by atoms with Crippen LogP contribution in [0.2, 0.25) is 0 Å². The predicted octanol–water partition coefficient (Wildman–Crippen LogP) is 14.6. The van der Waals surface area contributed by atoms with E-state index in [4.69, 9.17) is 55.4 Å². The second-order valence-electron chi connectivity index (χ2n) is 19.5. The van der Waals surface area contributed by atoms with Gasteiger partial charge < -0.3 is 36.8 Å². The molecule has 9 N–H and O–H groups in total. The molecule has 0 atom stereocenters. The Labute approximate surface area is 599 Å². The molecule has 534 valence electrons. The Morgan fingerprint density at radius 3 is 1.07 bits per heavy atom. The highest BCUT2D eigenvalue weighted by molar-refractivity contribution is 9.11. The van der Waals surface area contributed by atoms with E-state index in [0.717, 1.165) is 47.6 Å². The van der Waals surface area contributed by atoms with E-state index >= 15 is 0 Å². The first-order valence-corrected chi connectivity index (χ1v) is 38.1. The molecule has 1 saturated carbocycles. The van der Waals surface area contributed by atoms with Crippen molar-refractivity contribution in [2.24, 2.45) is 0 Å². The van der Waals surface area contributed by atoms with Gasteiger partial charge in [-0.2, -0.15) is 12.7 Å². The Morgan fingerprint density at radius 1 is 0.449 bits per heavy atom. The number of aliphatic hydroxyl groups is 2. The van der Waals surface area contributed by atoms with Gasteiger partial charge in [0.1, 0.15) is 0 Å². The lowest BCUT2D eigenvalue weighted by atomic mass is 9.98. The Morgan fingerprint density at radius 2 is 0.745 bits per heavy atom. The minimum absolute atomic E-state index is 0.0359. The quantitative estimate of drug-likeness (QED) is 0.0207. The van der Waals surface area contributed by atoms with Crippen molar-refractivity contribution in [3.8, 4) is 0 Å². The average molecular weight is 1790 g/mol. The maximum Gasteiger partial charge on any atom is 0.353 e. The fraction of sp³-hybridized carbons (Fsp3) is 0.193. The van der Waals surface area contributed by atoms with E-state index in [2.05, 4.69) is 85.0 Å². The van der Waals surface area contributed by atoms with Crippen molar-refractivity contribution in [2.75, 3.05) is 29.5 Å². The van der Waals surface area contributed by atoms with Gasteiger partial charge in [-0.1, -0.05) is 35.2 Å². The molecule has 0 radical (unpaired) electrons. The molecule has 7 aromatic carbocycles. The zero-order valence-corrected chi connectivity index (χ0v) is 60.7. The van der Waals surface area contributed by atoms with Crippen LogP contribution in [0.4, 0.5) is 56.6 Å². The van der Waals surface area contributed by atoms with Crippen molar-refractivity contribution in [2.45, 2.75) is 71.8 Å². The standard InChI is InChI=1S/C18H16BrF3N2O4S.C13H6BrClF3NO3S.C7H4BrClO4S.C7H5BrO2.C6H4F3N.C6H12O.ClHO3S/c19-13-2-1-10(18(26)23-11-8-14(20)17(22)15(21)9-11)7-16(13)29(27,28)24-5-3-12(25)4-6-24;14-8-2-1-6(3-11(8)23(15,21)22)13(20)19-7-4-9(16)12(18)10(17)5-7;8-5-2-1-4(7(10)11)3-6(5)14(9,12)13;8-6-3-1-5(2-4-6)7(9)10;7-4-1-3(10)2-5(8)6(4)9;7-6-4-2-1-3-5-6;1-5(2,3)4/h1-2,7-9,12,25H,3-6H2,(H,23,26);1-5H,(H,19,20);1-3H,(H,10,11);1-4H,(H,9,10);1-2H,10H2;6-7H,1-5H2;(H,2,3,4). The zero-order chi connectivity index (χ0) is 74.5. The van der Waals surface area contributed by atoms with Crippen molar-refractivity contribution in [1.29, 1.82) is 0 Å². The normalized spacial score (nSPS) is 13.4. The van der Waals surface area contributed by atoms with Crippen molar-refractivity contribution in [3.63, 3.8) is 0 Å². The van der Waals surface area contributed by atoms with Gasteiger partial charge in [-0.05, 0) is 152 Å². The third-order valence-electron chi connectivity index (χ3n) is 12.3. The van der Waals surface area contributed by atoms with Gasteiger partial charge in [0.2, 0.25) is 10.0 Å². The van der Waals surface area contributed by atoms with Crippen LogP contribution in [-0.2, 0) is 37.5 Å². The van der Waals surface area contributed by atoms with Crippen molar-refractivity contribution in [1.82, 2.24) is 4.31 Å². The molecule has 9 rings (SSSR count). The van der Waals surface area contributed by atoms with Crippen LogP contribution in [0.1, 0.15) is 86.4 Å². The summed E-state index contributed by atoms with van der Waals surface area (Å²) in [4.78, 5) is 44.5. The largest absolute Gasteiger partial charge is 0.478 e. The zero-order valence-electron chi connectivity index (χ0n) is 48.8. The SMILES string of the molecule is Nc1cc(F)c(F)c(F)c1.O=C(Nc1cc(F)c(F)c(F)c1)c1ccc(Br)c(S(=O)(=O)Cl)c1.O=C(Nc1cc(F)c(F)c(F)c1)c1ccc(Br)c(S(=O)(=O)N2CCC(O)CC2)c1.O=C(O)c1ccc(Br)c(S(=O)(=O)Cl)c1.O=C(O)c1ccc(Br)cc1.O=S(=O)(O)Cl.OC1CCCCC1. The lowest BCUT2D eigenvalue weighted by Crippen LogP contribution is -2.40. The number of sulfonamides is 1. The van der Waals surface area contributed by atoms with Crippen LogP contribution in [0.3, 0.4) is 0 Å². The Hall–Kier alpha value is -5.98. The highest BCUT2D eigenvalue weighted by Crippen LogP contribution is 2.31. The summed E-state index contributed by atoms with van der Waals surface area (Å²) in [6, 6.07) is 21.3. The van der Waals surface area contributed by atoms with E-state index in [9.17, 15) is 89.1 Å². The number of carboxylic acid groups (broad SMARTS) is 2. The minimum Gasteiger partial charge on any atom is -0.478 e. The molecule has 0 unspecified atom stereocenters. The van der Waals surface area contributed by atoms with Gasteiger partial charge in [0.05, 0.1) is 38.0 Å². The number of carboxylic acids is 2. The lowest BCUT2D eigenvalue weighted by Gasteiger charge is -2.29. The number of halogens is 16. The molecule has 41 heteroatoms. The number of aliphatic hydroxyl groups excluding tert-OH is 2. The smallest absolute Gasteiger partial charge is 0.353 e. The fourth-order valence-electron chi connectivity index (χ4n) is 7.63. The molecule has 1 aliphatic carbocycles. The van der Waals surface area contributed by atoms with Gasteiger partial charge in [0, 0.05) is 128 Å². The summed E-state index contributed by atoms with van der Waals surface area (Å²) < 4.78 is 214. The third kappa shape index (κ3) is 28.9. The number of amides is 2. The summed E-state index contributed by atoms with van der Waals surface area (Å²) in [5.74, 6) is -17.0. The second kappa shape index (κ2) is 38.7. The van der Waals surface area contributed by atoms with Crippen LogP contribution < -0.4 is 16.4 Å². The molecule has 98 heavy (non-hydrogen) atoms. The average Bonchev–Trinajstić information content (AvgIpc) is 0.786. The summed E-state index contributed by atoms with van der Waals surface area (Å²) in [5.41, 5.74) is 4.18. The number of carbonyl (C=O) groups excluding carboxylic acids is 2. The number of hydrogen-bond donors (Lipinski definition) is 8. The lowest BCUT2D eigenvalue weighted by molar-refractivity contribution is 0.0686. The number of nitrogen functional groups attached to an aromatic ring is 1. The van der Waals surface area contributed by atoms with E-state index in [1.165, 1.54) is 60.0 Å². The molecule has 21 nitrogen and oxygen atoms in total. The van der Waals surface area contributed by atoms with Gasteiger partial charge in [0.15, 0.2) is 52.4 Å². The number of nitrogens with zero attached hydrogens (tertiary/aromatic N) is 1. The molecule has 1 heterocycles. The molecule has 0 aromatic heterocycles. The number of piperidine rings is 1. The van der Waals surface area contributed by atoms with Crippen LogP contribution in [0.25, 0.3) is 0 Å². The molecule has 1 saturated heterocycles. The van der Waals surface area contributed by atoms with Crippen molar-refractivity contribution >= 4 is 174 Å². The monoisotopic (exact) mass is 1780 g/mol. The summed E-state index contributed by atoms with van der Waals surface area (Å²) in [7, 11) is -1.79. The van der Waals surface area contributed by atoms with E-state index in [0.29, 0.717) is 42.7 Å². The molecule has 2 aliphatic rings. The van der Waals surface area contributed by atoms with Crippen LogP contribution in [-0.4, -0.2) is 112 Å². The Kier molecular flexibility index (Phi) is 34.1. The van der Waals surface area contributed by atoms with Gasteiger partial charge in [-0.3, -0.25) is 14.1 Å². The first-order valence-electron chi connectivity index (χ1n) is 26.6. The number of nitrogens with one attached hydrogen (secondary N) is 2. The summed E-state index contributed by atoms with van der Waals surface area (Å²) in [5, 5.41) is 39.9. The summed E-state index contributed by atoms with van der Waals surface area (Å²) in [6.07, 6.45) is 5.98. The molecular formula is C57H48Br4Cl3F9N4O17S4. The van der Waals surface area contributed by atoms with Gasteiger partial charge in [-0.15, -0.1) is 0 Å². The molecule has 1 aliphatic heterocycles. The molecule has 0 bridgehead atoms. The van der Waals surface area contributed by atoms with E-state index in [1.54, 1.807) is 24.3 Å². The summed E-state index contributed by atoms with van der Waals surface area (Å²) >= 11 is 12.3. The number of aromatic carboxylic acids is 2. The van der Waals surface area contributed by atoms with Crippen LogP contribution in [0, 0.1) is 52.4 Å². The number of nitrogens with two attached hydrogens (primary N) is 1. The van der Waals surface area contributed by atoms with E-state index in [1.807, 2.05) is 0 Å². The number of anilines is 3. The van der Waals surface area contributed by atoms with Gasteiger partial charge in [-0.25, -0.2) is 74.4 Å². The highest BCUT2D eigenvalue weighted by atomic mass is 79.9. The van der Waals surface area contributed by atoms with E-state index in [-0.39, 0.29) is 81.1 Å². The number of carbonyl (C=O) groups is 4. The molecule has 7 aromatic rings. The van der Waals surface area contributed by atoms with Crippen LogP contribution in [0.15, 0.2) is 148 Å². The highest BCUT2D eigenvalue weighted by Gasteiger charge is 2.31. The van der Waals surface area contributed by atoms with E-state index < -0.39 is 120 Å². The van der Waals surface area contributed by atoms with Crippen molar-refractivity contribution in [3.05, 3.63) is 208 Å². The van der Waals surface area contributed by atoms with Gasteiger partial charge in [0.25, 0.3) is 29.9 Å².